The Kier molecular flexibility index (Phi) is 11.3. The van der Waals surface area contributed by atoms with E-state index in [9.17, 15) is 14.4 Å². The van der Waals surface area contributed by atoms with Crippen LogP contribution in [-0.2, 0) is 19.1 Å². The third-order valence-corrected chi connectivity index (χ3v) is 6.08. The number of methoxy groups -OCH3 is 1. The average molecular weight is 531 g/mol. The summed E-state index contributed by atoms with van der Waals surface area (Å²) in [6, 6.07) is 21.7. The molecule has 0 radical (unpaired) electrons. The van der Waals surface area contributed by atoms with Crippen molar-refractivity contribution in [2.24, 2.45) is 5.92 Å². The number of carbonyl (C=O) groups excluding carboxylic acids is 3. The molecule has 0 bridgehead atoms. The summed E-state index contributed by atoms with van der Waals surface area (Å²) in [5, 5.41) is 0. The molecule has 0 aliphatic rings. The van der Waals surface area contributed by atoms with E-state index < -0.39 is 11.9 Å². The molecule has 0 aliphatic heterocycles. The maximum absolute atomic E-state index is 12.6. The smallest absolute Gasteiger partial charge is 0.343 e. The monoisotopic (exact) mass is 530 g/mol. The summed E-state index contributed by atoms with van der Waals surface area (Å²) in [5.41, 5.74) is 3.25. The molecule has 0 saturated heterocycles. The van der Waals surface area contributed by atoms with Crippen LogP contribution in [0.3, 0.4) is 0 Å². The largest absolute Gasteiger partial charge is 0.494 e. The van der Waals surface area contributed by atoms with E-state index in [0.717, 1.165) is 36.0 Å². The minimum absolute atomic E-state index is 0.0702. The lowest BCUT2D eigenvalue weighted by Gasteiger charge is -2.10. The lowest BCUT2D eigenvalue weighted by molar-refractivity contribution is -0.148. The normalized spacial score (nSPS) is 11.6. The summed E-state index contributed by atoms with van der Waals surface area (Å²) >= 11 is 0. The number of unbranched alkanes of at least 4 members (excludes halogenated alkanes) is 1. The third kappa shape index (κ3) is 9.45. The standard InChI is InChI=1S/C32H34O7/c1-4-23(2)31(34)38-22-6-5-21-37-28-16-14-27(15-17-28)32(35)39-29-18-12-26(13-19-29)25-10-7-24(8-11-25)9-20-30(33)36-3/h7-20,23H,4-6,21-22H2,1-3H3/b20-9+. The molecule has 0 N–H and O–H groups in total. The van der Waals surface area contributed by atoms with E-state index in [1.165, 1.54) is 13.2 Å². The molecule has 1 unspecified atom stereocenters. The molecule has 7 nitrogen and oxygen atoms in total. The first kappa shape index (κ1) is 29.2. The van der Waals surface area contributed by atoms with Gasteiger partial charge in [-0.1, -0.05) is 50.2 Å². The summed E-state index contributed by atoms with van der Waals surface area (Å²) in [5.74, 6) is 0.00122. The SMILES string of the molecule is CCC(C)C(=O)OCCCCOc1ccc(C(=O)Oc2ccc(-c3ccc(/C=C/C(=O)OC)cc3)cc2)cc1. The fourth-order valence-electron chi connectivity index (χ4n) is 3.46. The van der Waals surface area contributed by atoms with E-state index >= 15 is 0 Å². The number of hydrogen-bond acceptors (Lipinski definition) is 7. The molecule has 7 heteroatoms. The molecule has 3 aromatic carbocycles. The van der Waals surface area contributed by atoms with Crippen LogP contribution in [0.2, 0.25) is 0 Å². The van der Waals surface area contributed by atoms with Crippen molar-refractivity contribution in [3.05, 3.63) is 90.0 Å². The molecular weight excluding hydrogens is 496 g/mol. The minimum Gasteiger partial charge on any atom is -0.494 e. The first-order valence-corrected chi connectivity index (χ1v) is 13.0. The van der Waals surface area contributed by atoms with E-state index in [0.29, 0.717) is 30.3 Å². The van der Waals surface area contributed by atoms with Gasteiger partial charge >= 0.3 is 17.9 Å². The molecule has 1 atom stereocenters. The molecule has 0 amide bonds. The van der Waals surface area contributed by atoms with Crippen molar-refractivity contribution in [2.45, 2.75) is 33.1 Å². The zero-order valence-corrected chi connectivity index (χ0v) is 22.6. The van der Waals surface area contributed by atoms with Gasteiger partial charge in [0, 0.05) is 6.08 Å². The Bertz CT molecular complexity index is 1240. The van der Waals surface area contributed by atoms with Crippen LogP contribution in [0.15, 0.2) is 78.9 Å². The van der Waals surface area contributed by atoms with Crippen LogP contribution in [0.25, 0.3) is 17.2 Å². The second-order valence-corrected chi connectivity index (χ2v) is 8.95. The van der Waals surface area contributed by atoms with E-state index in [1.54, 1.807) is 42.5 Å². The first-order chi connectivity index (χ1) is 18.9. The van der Waals surface area contributed by atoms with Gasteiger partial charge in [-0.25, -0.2) is 9.59 Å². The van der Waals surface area contributed by atoms with E-state index in [2.05, 4.69) is 4.74 Å². The highest BCUT2D eigenvalue weighted by molar-refractivity contribution is 5.91. The summed E-state index contributed by atoms with van der Waals surface area (Å²) in [4.78, 5) is 35.4. The van der Waals surface area contributed by atoms with Crippen molar-refractivity contribution in [1.82, 2.24) is 0 Å². The summed E-state index contributed by atoms with van der Waals surface area (Å²) in [6.45, 7) is 4.70. The molecule has 3 rings (SSSR count). The van der Waals surface area contributed by atoms with Gasteiger partial charge in [0.2, 0.25) is 0 Å². The molecular formula is C32H34O7. The fourth-order valence-corrected chi connectivity index (χ4v) is 3.46. The predicted octanol–water partition coefficient (Wildman–Crippen LogP) is 6.51. The maximum atomic E-state index is 12.6. The van der Waals surface area contributed by atoms with Gasteiger partial charge in [0.15, 0.2) is 0 Å². The maximum Gasteiger partial charge on any atom is 0.343 e. The van der Waals surface area contributed by atoms with Crippen LogP contribution in [0, 0.1) is 5.92 Å². The fraction of sp³-hybridized carbons (Fsp3) is 0.281. The van der Waals surface area contributed by atoms with Gasteiger partial charge in [0.05, 0.1) is 31.8 Å². The Morgan fingerprint density at radius 2 is 1.38 bits per heavy atom. The highest BCUT2D eigenvalue weighted by Crippen LogP contribution is 2.24. The van der Waals surface area contributed by atoms with Crippen LogP contribution in [0.4, 0.5) is 0 Å². The van der Waals surface area contributed by atoms with Gasteiger partial charge in [-0.3, -0.25) is 4.79 Å². The number of hydrogen-bond donors (Lipinski definition) is 0. The quantitative estimate of drug-likeness (QED) is 0.108. The van der Waals surface area contributed by atoms with E-state index in [-0.39, 0.29) is 11.9 Å². The highest BCUT2D eigenvalue weighted by Gasteiger charge is 2.11. The van der Waals surface area contributed by atoms with E-state index in [4.69, 9.17) is 14.2 Å². The van der Waals surface area contributed by atoms with Gasteiger partial charge in [-0.15, -0.1) is 0 Å². The lowest BCUT2D eigenvalue weighted by Crippen LogP contribution is -2.15. The van der Waals surface area contributed by atoms with Gasteiger partial charge < -0.3 is 18.9 Å². The Morgan fingerprint density at radius 1 is 0.795 bits per heavy atom. The second kappa shape index (κ2) is 15.1. The molecule has 3 aromatic rings. The zero-order chi connectivity index (χ0) is 28.0. The van der Waals surface area contributed by atoms with Crippen molar-refractivity contribution in [1.29, 1.82) is 0 Å². The predicted molar refractivity (Wildman–Crippen MR) is 149 cm³/mol. The van der Waals surface area contributed by atoms with Gasteiger partial charge in [0.1, 0.15) is 11.5 Å². The zero-order valence-electron chi connectivity index (χ0n) is 22.6. The van der Waals surface area contributed by atoms with Crippen molar-refractivity contribution < 1.29 is 33.3 Å². The second-order valence-electron chi connectivity index (χ2n) is 8.95. The van der Waals surface area contributed by atoms with Gasteiger partial charge in [-0.2, -0.15) is 0 Å². The molecule has 0 saturated carbocycles. The van der Waals surface area contributed by atoms with Crippen LogP contribution >= 0.6 is 0 Å². The number of benzene rings is 3. The minimum atomic E-state index is -0.459. The molecule has 0 aromatic heterocycles. The number of carbonyl (C=O) groups is 3. The molecule has 204 valence electrons. The molecule has 0 fully saturated rings. The van der Waals surface area contributed by atoms with Gasteiger partial charge in [-0.05, 0) is 78.4 Å². The summed E-state index contributed by atoms with van der Waals surface area (Å²) in [6.07, 6.45) is 5.31. The van der Waals surface area contributed by atoms with Crippen molar-refractivity contribution in [3.63, 3.8) is 0 Å². The van der Waals surface area contributed by atoms with Crippen molar-refractivity contribution in [2.75, 3.05) is 20.3 Å². The Labute approximate surface area is 229 Å². The van der Waals surface area contributed by atoms with Crippen LogP contribution in [-0.4, -0.2) is 38.2 Å². The number of rotatable bonds is 13. The van der Waals surface area contributed by atoms with Crippen LogP contribution < -0.4 is 9.47 Å². The topological polar surface area (TPSA) is 88.1 Å². The van der Waals surface area contributed by atoms with Crippen LogP contribution in [0.1, 0.15) is 49.0 Å². The Balaban J connectivity index is 1.43. The lowest BCUT2D eigenvalue weighted by atomic mass is 10.0. The molecule has 0 spiro atoms. The van der Waals surface area contributed by atoms with Gasteiger partial charge in [0.25, 0.3) is 0 Å². The molecule has 0 aliphatic carbocycles. The van der Waals surface area contributed by atoms with E-state index in [1.807, 2.05) is 50.2 Å². The van der Waals surface area contributed by atoms with Crippen molar-refractivity contribution >= 4 is 24.0 Å². The van der Waals surface area contributed by atoms with Crippen LogP contribution in [0.5, 0.6) is 11.5 Å². The first-order valence-electron chi connectivity index (χ1n) is 13.0. The third-order valence-electron chi connectivity index (χ3n) is 6.08. The highest BCUT2D eigenvalue weighted by atomic mass is 16.5. The van der Waals surface area contributed by atoms with Crippen molar-refractivity contribution in [3.8, 4) is 22.6 Å². The number of esters is 3. The Hall–Kier alpha value is -4.39. The summed E-state index contributed by atoms with van der Waals surface area (Å²) in [7, 11) is 1.34. The number of ether oxygens (including phenoxy) is 4. The molecule has 39 heavy (non-hydrogen) atoms. The summed E-state index contributed by atoms with van der Waals surface area (Å²) < 4.78 is 21.0. The molecule has 0 heterocycles. The average Bonchev–Trinajstić information content (AvgIpc) is 2.98. The Morgan fingerprint density at radius 3 is 2.00 bits per heavy atom.